The Bertz CT molecular complexity index is 526. The van der Waals surface area contributed by atoms with E-state index in [4.69, 9.17) is 0 Å². The molecule has 0 bridgehead atoms. The topological polar surface area (TPSA) is 17.1 Å². The molecule has 1 nitrogen and oxygen atoms in total. The number of carbonyl (C=O) groups is 1. The number of aryl methyl sites for hydroxylation is 1. The maximum atomic E-state index is 11.5. The quantitative estimate of drug-likeness (QED) is 0.542. The van der Waals surface area contributed by atoms with Gasteiger partial charge in [0, 0.05) is 12.0 Å². The molecular formula is C16H18O. The number of rotatable bonds is 2. The van der Waals surface area contributed by atoms with Crippen molar-refractivity contribution in [2.24, 2.45) is 0 Å². The van der Waals surface area contributed by atoms with Crippen LogP contribution in [0, 0.1) is 6.92 Å². The molecule has 0 heterocycles. The van der Waals surface area contributed by atoms with E-state index >= 15 is 0 Å². The molecule has 17 heavy (non-hydrogen) atoms. The van der Waals surface area contributed by atoms with Gasteiger partial charge in [-0.3, -0.25) is 4.79 Å². The van der Waals surface area contributed by atoms with E-state index < -0.39 is 0 Å². The van der Waals surface area contributed by atoms with Gasteiger partial charge >= 0.3 is 0 Å². The molecule has 0 aromatic heterocycles. The normalized spacial score (nSPS) is 9.53. The maximum Gasteiger partial charge on any atom is 0.162 e. The van der Waals surface area contributed by atoms with Crippen molar-refractivity contribution in [1.82, 2.24) is 0 Å². The fourth-order valence-electron chi connectivity index (χ4n) is 1.74. The van der Waals surface area contributed by atoms with E-state index in [0.717, 1.165) is 10.9 Å². The van der Waals surface area contributed by atoms with Crippen LogP contribution in [0.1, 0.15) is 29.3 Å². The molecule has 2 rings (SSSR count). The highest BCUT2D eigenvalue weighted by molar-refractivity contribution is 5.99. The molecule has 0 spiro atoms. The lowest BCUT2D eigenvalue weighted by Crippen LogP contribution is -1.95. The zero-order valence-electron chi connectivity index (χ0n) is 10.5. The number of ketones is 1. The summed E-state index contributed by atoms with van der Waals surface area (Å²) in [5.74, 6) is 0.206. The summed E-state index contributed by atoms with van der Waals surface area (Å²) in [6.45, 7) is 9.96. The van der Waals surface area contributed by atoms with Crippen LogP contribution in [-0.2, 0) is 0 Å². The molecule has 0 saturated heterocycles. The minimum absolute atomic E-state index is 0.206. The molecule has 0 unspecified atom stereocenters. The molecule has 0 aliphatic heterocycles. The van der Waals surface area contributed by atoms with Crippen LogP contribution in [0.2, 0.25) is 0 Å². The first-order chi connectivity index (χ1) is 8.20. The van der Waals surface area contributed by atoms with Crippen molar-refractivity contribution in [3.8, 4) is 0 Å². The third-order valence-corrected chi connectivity index (χ3v) is 2.64. The van der Waals surface area contributed by atoms with Crippen LogP contribution in [0.5, 0.6) is 0 Å². The van der Waals surface area contributed by atoms with Gasteiger partial charge in [0.05, 0.1) is 0 Å². The maximum absolute atomic E-state index is 11.5. The highest BCUT2D eigenvalue weighted by atomic mass is 16.1. The number of hydrogen-bond acceptors (Lipinski definition) is 1. The zero-order chi connectivity index (χ0) is 12.8. The molecule has 0 radical (unpaired) electrons. The van der Waals surface area contributed by atoms with E-state index in [2.05, 4.69) is 38.3 Å². The van der Waals surface area contributed by atoms with Gasteiger partial charge < -0.3 is 0 Å². The summed E-state index contributed by atoms with van der Waals surface area (Å²) in [6.07, 6.45) is 0.567. The van der Waals surface area contributed by atoms with Gasteiger partial charge in [0.15, 0.2) is 5.78 Å². The summed E-state index contributed by atoms with van der Waals surface area (Å²) in [4.78, 5) is 11.5. The van der Waals surface area contributed by atoms with Crippen molar-refractivity contribution < 1.29 is 4.79 Å². The van der Waals surface area contributed by atoms with Crippen LogP contribution in [0.4, 0.5) is 0 Å². The fraction of sp³-hybridized carbons (Fsp3) is 0.188. The molecule has 88 valence electrons. The summed E-state index contributed by atoms with van der Waals surface area (Å²) in [5, 5.41) is 2.34. The molecule has 0 aliphatic carbocycles. The molecule has 0 amide bonds. The number of benzene rings is 2. The van der Waals surface area contributed by atoms with Crippen molar-refractivity contribution in [2.45, 2.75) is 20.3 Å². The molecule has 0 aliphatic rings. The molecule has 2 aromatic rings. The number of carbonyl (C=O) groups excluding carboxylic acids is 1. The lowest BCUT2D eigenvalue weighted by molar-refractivity contribution is 0.0988. The van der Waals surface area contributed by atoms with Crippen LogP contribution >= 0.6 is 0 Å². The van der Waals surface area contributed by atoms with Gasteiger partial charge in [0.1, 0.15) is 0 Å². The van der Waals surface area contributed by atoms with Gasteiger partial charge in [-0.05, 0) is 23.8 Å². The van der Waals surface area contributed by atoms with Gasteiger partial charge in [-0.15, -0.1) is 13.2 Å². The van der Waals surface area contributed by atoms with Crippen molar-refractivity contribution in [3.05, 3.63) is 60.7 Å². The summed E-state index contributed by atoms with van der Waals surface area (Å²) in [6, 6.07) is 12.2. The summed E-state index contributed by atoms with van der Waals surface area (Å²) >= 11 is 0. The van der Waals surface area contributed by atoms with Gasteiger partial charge in [0.2, 0.25) is 0 Å². The number of Topliss-reactive ketones (excluding diaryl/α,β-unsaturated/α-hetero) is 1. The minimum Gasteiger partial charge on any atom is -0.294 e. The first-order valence-electron chi connectivity index (χ1n) is 5.74. The van der Waals surface area contributed by atoms with Crippen molar-refractivity contribution in [3.63, 3.8) is 0 Å². The van der Waals surface area contributed by atoms with Gasteiger partial charge in [0.25, 0.3) is 0 Å². The Morgan fingerprint density at radius 2 is 1.65 bits per heavy atom. The van der Waals surface area contributed by atoms with E-state index in [1.165, 1.54) is 10.9 Å². The van der Waals surface area contributed by atoms with Gasteiger partial charge in [-0.1, -0.05) is 42.8 Å². The SMILES string of the molecule is C=C.CCC(=O)c1ccc2cc(C)ccc2c1. The number of fused-ring (bicyclic) bond motifs is 1. The fourth-order valence-corrected chi connectivity index (χ4v) is 1.74. The second-order valence-corrected chi connectivity index (χ2v) is 3.84. The molecule has 1 heteroatoms. The monoisotopic (exact) mass is 226 g/mol. The molecule has 0 atom stereocenters. The van der Waals surface area contributed by atoms with Crippen molar-refractivity contribution in [2.75, 3.05) is 0 Å². The molecule has 0 saturated carbocycles. The third kappa shape index (κ3) is 3.04. The third-order valence-electron chi connectivity index (χ3n) is 2.64. The van der Waals surface area contributed by atoms with Crippen LogP contribution in [0.3, 0.4) is 0 Å². The van der Waals surface area contributed by atoms with Gasteiger partial charge in [-0.2, -0.15) is 0 Å². The Morgan fingerprint density at radius 3 is 2.29 bits per heavy atom. The average Bonchev–Trinajstić information content (AvgIpc) is 2.39. The lowest BCUT2D eigenvalue weighted by Gasteiger charge is -2.02. The highest BCUT2D eigenvalue weighted by Gasteiger charge is 2.03. The standard InChI is InChI=1S/C14H14O.C2H4/c1-3-14(15)13-7-6-11-8-10(2)4-5-12(11)9-13;1-2/h4-9H,3H2,1-2H3;1-2H2. The van der Waals surface area contributed by atoms with Crippen molar-refractivity contribution >= 4 is 16.6 Å². The molecule has 0 fully saturated rings. The largest absolute Gasteiger partial charge is 0.294 e. The second kappa shape index (κ2) is 6.00. The van der Waals surface area contributed by atoms with Crippen LogP contribution in [0.15, 0.2) is 49.6 Å². The summed E-state index contributed by atoms with van der Waals surface area (Å²) in [7, 11) is 0. The van der Waals surface area contributed by atoms with E-state index in [-0.39, 0.29) is 5.78 Å². The molecule has 0 N–H and O–H groups in total. The Balaban J connectivity index is 0.000000686. The van der Waals surface area contributed by atoms with E-state index in [1.54, 1.807) is 0 Å². The average molecular weight is 226 g/mol. The van der Waals surface area contributed by atoms with Crippen LogP contribution in [0.25, 0.3) is 10.8 Å². The Morgan fingerprint density at radius 1 is 1.06 bits per heavy atom. The summed E-state index contributed by atoms with van der Waals surface area (Å²) in [5.41, 5.74) is 2.06. The predicted molar refractivity (Wildman–Crippen MR) is 74.6 cm³/mol. The highest BCUT2D eigenvalue weighted by Crippen LogP contribution is 2.18. The van der Waals surface area contributed by atoms with Gasteiger partial charge in [-0.25, -0.2) is 0 Å². The molecule has 2 aromatic carbocycles. The van der Waals surface area contributed by atoms with E-state index in [9.17, 15) is 4.79 Å². The first-order valence-corrected chi connectivity index (χ1v) is 5.74. The van der Waals surface area contributed by atoms with Crippen molar-refractivity contribution in [1.29, 1.82) is 0 Å². The van der Waals surface area contributed by atoms with E-state index in [1.807, 2.05) is 25.1 Å². The van der Waals surface area contributed by atoms with E-state index in [0.29, 0.717) is 6.42 Å². The zero-order valence-corrected chi connectivity index (χ0v) is 10.5. The molecular weight excluding hydrogens is 208 g/mol. The summed E-state index contributed by atoms with van der Waals surface area (Å²) < 4.78 is 0. The van der Waals surface area contributed by atoms with Crippen LogP contribution in [-0.4, -0.2) is 5.78 Å². The smallest absolute Gasteiger partial charge is 0.162 e. The first kappa shape index (κ1) is 13.2. The number of hydrogen-bond donors (Lipinski definition) is 0. The Labute approximate surface area is 103 Å². The minimum atomic E-state index is 0.206. The lowest BCUT2D eigenvalue weighted by atomic mass is 10.0. The van der Waals surface area contributed by atoms with Crippen LogP contribution < -0.4 is 0 Å². The predicted octanol–water partition coefficient (Wildman–Crippen LogP) is 4.54. The Hall–Kier alpha value is -1.89. The second-order valence-electron chi connectivity index (χ2n) is 3.84. The Kier molecular flexibility index (Phi) is 4.65.